The molecule has 3 nitrogen and oxygen atoms in total. The molecule has 1 aliphatic rings. The standard InChI is InChI=1S/C9H16O3S/c1-12-5-2-6-13(11)7-9(10)8-3-4-8/h8H,2-7H2,1H3. The molecule has 0 N–H and O–H groups in total. The van der Waals surface area contributed by atoms with Crippen molar-refractivity contribution in [3.8, 4) is 0 Å². The molecule has 0 saturated heterocycles. The molecule has 0 bridgehead atoms. The normalized spacial score (nSPS) is 18.5. The number of hydrogen-bond acceptors (Lipinski definition) is 3. The Kier molecular flexibility index (Phi) is 4.59. The molecule has 76 valence electrons. The summed E-state index contributed by atoms with van der Waals surface area (Å²) in [6.45, 7) is 0.628. The topological polar surface area (TPSA) is 43.4 Å². The number of rotatable bonds is 7. The first-order valence-electron chi connectivity index (χ1n) is 4.60. The minimum atomic E-state index is -0.962. The molecule has 1 fully saturated rings. The van der Waals surface area contributed by atoms with E-state index in [1.807, 2.05) is 0 Å². The molecule has 0 aromatic heterocycles. The lowest BCUT2D eigenvalue weighted by atomic mass is 10.3. The van der Waals surface area contributed by atoms with Gasteiger partial charge in [-0.05, 0) is 19.3 Å². The Labute approximate surface area is 81.3 Å². The van der Waals surface area contributed by atoms with E-state index in [-0.39, 0.29) is 17.5 Å². The summed E-state index contributed by atoms with van der Waals surface area (Å²) in [5.41, 5.74) is 0. The van der Waals surface area contributed by atoms with Gasteiger partial charge in [-0.3, -0.25) is 9.00 Å². The Morgan fingerprint density at radius 3 is 2.77 bits per heavy atom. The lowest BCUT2D eigenvalue weighted by Crippen LogP contribution is -2.15. The fourth-order valence-electron chi connectivity index (χ4n) is 1.12. The van der Waals surface area contributed by atoms with Crippen LogP contribution in [-0.4, -0.2) is 35.2 Å². The van der Waals surface area contributed by atoms with Gasteiger partial charge < -0.3 is 4.74 Å². The van der Waals surface area contributed by atoms with E-state index in [0.717, 1.165) is 19.3 Å². The number of ketones is 1. The SMILES string of the molecule is COCCCS(=O)CC(=O)C1CC1. The van der Waals surface area contributed by atoms with Crippen molar-refractivity contribution in [3.63, 3.8) is 0 Å². The summed E-state index contributed by atoms with van der Waals surface area (Å²) in [5.74, 6) is 1.28. The Bertz CT molecular complexity index is 199. The van der Waals surface area contributed by atoms with Gasteiger partial charge >= 0.3 is 0 Å². The summed E-state index contributed by atoms with van der Waals surface area (Å²) >= 11 is 0. The molecule has 0 spiro atoms. The Morgan fingerprint density at radius 1 is 1.54 bits per heavy atom. The van der Waals surface area contributed by atoms with Crippen LogP contribution in [0.25, 0.3) is 0 Å². The van der Waals surface area contributed by atoms with E-state index in [9.17, 15) is 9.00 Å². The molecule has 1 unspecified atom stereocenters. The van der Waals surface area contributed by atoms with Crippen molar-refractivity contribution in [1.29, 1.82) is 0 Å². The van der Waals surface area contributed by atoms with Crippen LogP contribution < -0.4 is 0 Å². The van der Waals surface area contributed by atoms with E-state index in [1.54, 1.807) is 7.11 Å². The molecule has 1 saturated carbocycles. The molecule has 0 aromatic carbocycles. The molecule has 1 atom stereocenters. The van der Waals surface area contributed by atoms with Crippen molar-refractivity contribution in [2.75, 3.05) is 25.2 Å². The number of ether oxygens (including phenoxy) is 1. The van der Waals surface area contributed by atoms with E-state index in [1.165, 1.54) is 0 Å². The van der Waals surface area contributed by atoms with Crippen molar-refractivity contribution < 1.29 is 13.7 Å². The number of methoxy groups -OCH3 is 1. The van der Waals surface area contributed by atoms with E-state index >= 15 is 0 Å². The zero-order chi connectivity index (χ0) is 9.68. The maximum absolute atomic E-state index is 11.3. The van der Waals surface area contributed by atoms with Crippen LogP contribution in [0.4, 0.5) is 0 Å². The number of Topliss-reactive ketones (excluding diaryl/α,β-unsaturated/α-hetero) is 1. The molecular weight excluding hydrogens is 188 g/mol. The van der Waals surface area contributed by atoms with Gasteiger partial charge in [0, 0.05) is 36.2 Å². The summed E-state index contributed by atoms with van der Waals surface area (Å²) in [4.78, 5) is 11.2. The Morgan fingerprint density at radius 2 is 2.23 bits per heavy atom. The Balaban J connectivity index is 2.06. The van der Waals surface area contributed by atoms with Crippen LogP contribution >= 0.6 is 0 Å². The highest BCUT2D eigenvalue weighted by molar-refractivity contribution is 7.85. The molecule has 0 aromatic rings. The second kappa shape index (κ2) is 5.50. The highest BCUT2D eigenvalue weighted by atomic mass is 32.2. The summed E-state index contributed by atoms with van der Waals surface area (Å²) in [6, 6.07) is 0. The second-order valence-electron chi connectivity index (χ2n) is 3.38. The van der Waals surface area contributed by atoms with Crippen molar-refractivity contribution >= 4 is 16.6 Å². The lowest BCUT2D eigenvalue weighted by molar-refractivity contribution is -0.117. The van der Waals surface area contributed by atoms with Crippen LogP contribution in [0.1, 0.15) is 19.3 Å². The zero-order valence-electron chi connectivity index (χ0n) is 7.95. The zero-order valence-corrected chi connectivity index (χ0v) is 8.77. The van der Waals surface area contributed by atoms with Gasteiger partial charge in [0.2, 0.25) is 0 Å². The van der Waals surface area contributed by atoms with Crippen molar-refractivity contribution in [1.82, 2.24) is 0 Å². The summed E-state index contributed by atoms with van der Waals surface area (Å²) in [5, 5.41) is 0. The van der Waals surface area contributed by atoms with Gasteiger partial charge in [0.1, 0.15) is 5.78 Å². The fourth-order valence-corrected chi connectivity index (χ4v) is 2.26. The molecule has 1 aliphatic carbocycles. The van der Waals surface area contributed by atoms with Gasteiger partial charge in [0.25, 0.3) is 0 Å². The first-order valence-corrected chi connectivity index (χ1v) is 6.09. The Hall–Kier alpha value is -0.220. The van der Waals surface area contributed by atoms with Gasteiger partial charge in [-0.2, -0.15) is 0 Å². The van der Waals surface area contributed by atoms with E-state index in [4.69, 9.17) is 4.74 Å². The van der Waals surface area contributed by atoms with Gasteiger partial charge in [0.15, 0.2) is 0 Å². The number of carbonyl (C=O) groups excluding carboxylic acids is 1. The fraction of sp³-hybridized carbons (Fsp3) is 0.889. The van der Waals surface area contributed by atoms with Gasteiger partial charge in [-0.25, -0.2) is 0 Å². The highest BCUT2D eigenvalue weighted by Gasteiger charge is 2.29. The minimum Gasteiger partial charge on any atom is -0.385 e. The third kappa shape index (κ3) is 4.52. The highest BCUT2D eigenvalue weighted by Crippen LogP contribution is 2.29. The molecule has 0 radical (unpaired) electrons. The van der Waals surface area contributed by atoms with Crippen molar-refractivity contribution in [2.45, 2.75) is 19.3 Å². The van der Waals surface area contributed by atoms with E-state index < -0.39 is 10.8 Å². The predicted octanol–water partition coefficient (Wildman–Crippen LogP) is 0.751. The maximum atomic E-state index is 11.3. The summed E-state index contributed by atoms with van der Waals surface area (Å²) in [7, 11) is 0.662. The number of hydrogen-bond donors (Lipinski definition) is 0. The summed E-state index contributed by atoms with van der Waals surface area (Å²) < 4.78 is 16.1. The molecule has 0 heterocycles. The van der Waals surface area contributed by atoms with Gasteiger partial charge in [-0.15, -0.1) is 0 Å². The van der Waals surface area contributed by atoms with Gasteiger partial charge in [0.05, 0.1) is 5.75 Å². The lowest BCUT2D eigenvalue weighted by Gasteiger charge is -2.00. The minimum absolute atomic E-state index is 0.191. The van der Waals surface area contributed by atoms with Crippen LogP contribution in [0.3, 0.4) is 0 Å². The van der Waals surface area contributed by atoms with E-state index in [2.05, 4.69) is 0 Å². The smallest absolute Gasteiger partial charge is 0.148 e. The maximum Gasteiger partial charge on any atom is 0.148 e. The average molecular weight is 204 g/mol. The van der Waals surface area contributed by atoms with E-state index in [0.29, 0.717) is 12.4 Å². The first kappa shape index (κ1) is 10.9. The molecule has 4 heteroatoms. The molecule has 0 aliphatic heterocycles. The molecule has 1 rings (SSSR count). The van der Waals surface area contributed by atoms with Crippen LogP contribution in [0.2, 0.25) is 0 Å². The molecular formula is C9H16O3S. The van der Waals surface area contributed by atoms with Crippen molar-refractivity contribution in [2.24, 2.45) is 5.92 Å². The van der Waals surface area contributed by atoms with Crippen LogP contribution in [0.15, 0.2) is 0 Å². The largest absolute Gasteiger partial charge is 0.385 e. The van der Waals surface area contributed by atoms with Crippen LogP contribution in [-0.2, 0) is 20.3 Å². The van der Waals surface area contributed by atoms with Crippen LogP contribution in [0.5, 0.6) is 0 Å². The third-order valence-electron chi connectivity index (χ3n) is 2.06. The molecule has 0 amide bonds. The number of carbonyl (C=O) groups is 1. The molecule has 13 heavy (non-hydrogen) atoms. The quantitative estimate of drug-likeness (QED) is 0.575. The van der Waals surface area contributed by atoms with Crippen molar-refractivity contribution in [3.05, 3.63) is 0 Å². The van der Waals surface area contributed by atoms with Gasteiger partial charge in [-0.1, -0.05) is 0 Å². The van der Waals surface area contributed by atoms with Crippen LogP contribution in [0, 0.1) is 5.92 Å². The predicted molar refractivity (Wildman–Crippen MR) is 52.1 cm³/mol. The second-order valence-corrected chi connectivity index (χ2v) is 4.95. The first-order chi connectivity index (χ1) is 6.24. The summed E-state index contributed by atoms with van der Waals surface area (Å²) in [6.07, 6.45) is 2.79. The monoisotopic (exact) mass is 204 g/mol. The average Bonchev–Trinajstić information content (AvgIpc) is 2.86. The third-order valence-corrected chi connectivity index (χ3v) is 3.41.